The van der Waals surface area contributed by atoms with Gasteiger partial charge in [-0.25, -0.2) is 0 Å². The van der Waals surface area contributed by atoms with Gasteiger partial charge in [0.05, 0.1) is 27.2 Å². The van der Waals surface area contributed by atoms with Crippen molar-refractivity contribution < 1.29 is 28.7 Å². The lowest BCUT2D eigenvalue weighted by molar-refractivity contribution is -0.146. The van der Waals surface area contributed by atoms with Crippen LogP contribution in [0.5, 0.6) is 5.75 Å². The largest absolute Gasteiger partial charge is 0.482 e. The van der Waals surface area contributed by atoms with E-state index < -0.39 is 29.6 Å². The van der Waals surface area contributed by atoms with Crippen LogP contribution in [0.2, 0.25) is 10.0 Å². The number of hydrogen-bond donors (Lipinski definition) is 1. The van der Waals surface area contributed by atoms with E-state index in [2.05, 4.69) is 5.32 Å². The third-order valence-corrected chi connectivity index (χ3v) is 5.76. The number of thioether (sulfide) groups is 1. The molecule has 11 heteroatoms. The number of carbonyl (C=O) groups is 4. The molecule has 3 rings (SSSR count). The van der Waals surface area contributed by atoms with Crippen LogP contribution in [0.25, 0.3) is 6.08 Å². The molecule has 0 aliphatic carbocycles. The van der Waals surface area contributed by atoms with E-state index >= 15 is 0 Å². The fourth-order valence-electron chi connectivity index (χ4n) is 2.74. The summed E-state index contributed by atoms with van der Waals surface area (Å²) >= 11 is 13.0. The second-order valence-corrected chi connectivity index (χ2v) is 8.39. The maximum Gasteiger partial charge on any atom is 0.326 e. The van der Waals surface area contributed by atoms with Gasteiger partial charge in [0.25, 0.3) is 17.1 Å². The van der Waals surface area contributed by atoms with Gasteiger partial charge in [-0.1, -0.05) is 41.4 Å². The molecule has 0 spiro atoms. The number of imide groups is 1. The fourth-order valence-corrected chi connectivity index (χ4v) is 4.00. The van der Waals surface area contributed by atoms with Gasteiger partial charge in [-0.15, -0.1) is 0 Å². The molecule has 0 bridgehead atoms. The van der Waals surface area contributed by atoms with Crippen LogP contribution in [-0.2, 0) is 19.1 Å². The molecular formula is C22H18Cl2N2O6S. The fraction of sp³-hybridized carbons (Fsp3) is 0.182. The van der Waals surface area contributed by atoms with Gasteiger partial charge in [0.2, 0.25) is 0 Å². The van der Waals surface area contributed by atoms with E-state index in [0.717, 1.165) is 4.90 Å². The SMILES string of the molecule is CCOC(=O)CN1C(=O)S/C(=C\c2ccc(OCC(=O)Nc3ccccc3Cl)c(Cl)c2)C1=O. The summed E-state index contributed by atoms with van der Waals surface area (Å²) in [4.78, 5) is 49.2. The van der Waals surface area contributed by atoms with Gasteiger partial charge in [0, 0.05) is 0 Å². The topological polar surface area (TPSA) is 102 Å². The monoisotopic (exact) mass is 508 g/mol. The zero-order valence-electron chi connectivity index (χ0n) is 17.3. The van der Waals surface area contributed by atoms with E-state index in [1.807, 2.05) is 0 Å². The zero-order valence-corrected chi connectivity index (χ0v) is 19.6. The second-order valence-electron chi connectivity index (χ2n) is 6.58. The number of ether oxygens (including phenoxy) is 2. The predicted octanol–water partition coefficient (Wildman–Crippen LogP) is 4.61. The molecule has 1 saturated heterocycles. The van der Waals surface area contributed by atoms with Crippen LogP contribution in [0.4, 0.5) is 10.5 Å². The molecule has 0 radical (unpaired) electrons. The van der Waals surface area contributed by atoms with Gasteiger partial charge in [0.15, 0.2) is 6.61 Å². The number of nitrogens with zero attached hydrogens (tertiary/aromatic N) is 1. The molecule has 1 aliphatic heterocycles. The third kappa shape index (κ3) is 6.50. The lowest BCUT2D eigenvalue weighted by Crippen LogP contribution is -2.34. The van der Waals surface area contributed by atoms with Crippen LogP contribution in [0.15, 0.2) is 47.4 Å². The van der Waals surface area contributed by atoms with E-state index in [1.54, 1.807) is 43.3 Å². The first-order valence-corrected chi connectivity index (χ1v) is 11.2. The summed E-state index contributed by atoms with van der Waals surface area (Å²) in [6.45, 7) is 1.05. The van der Waals surface area contributed by atoms with Crippen LogP contribution in [0.3, 0.4) is 0 Å². The molecule has 1 fully saturated rings. The highest BCUT2D eigenvalue weighted by molar-refractivity contribution is 8.18. The van der Waals surface area contributed by atoms with Crippen molar-refractivity contribution in [2.45, 2.75) is 6.92 Å². The molecule has 1 N–H and O–H groups in total. The van der Waals surface area contributed by atoms with Gasteiger partial charge in [-0.05, 0) is 54.6 Å². The Balaban J connectivity index is 1.62. The summed E-state index contributed by atoms with van der Waals surface area (Å²) in [5.41, 5.74) is 1.00. The van der Waals surface area contributed by atoms with E-state index in [1.165, 1.54) is 12.1 Å². The lowest BCUT2D eigenvalue weighted by Gasteiger charge is -2.11. The van der Waals surface area contributed by atoms with Crippen LogP contribution in [-0.4, -0.2) is 47.7 Å². The van der Waals surface area contributed by atoms with Crippen LogP contribution < -0.4 is 10.1 Å². The van der Waals surface area contributed by atoms with Gasteiger partial charge in [0.1, 0.15) is 12.3 Å². The van der Waals surface area contributed by atoms with E-state index in [-0.39, 0.29) is 28.9 Å². The average molecular weight is 509 g/mol. The van der Waals surface area contributed by atoms with Gasteiger partial charge in [-0.2, -0.15) is 0 Å². The first-order valence-electron chi connectivity index (χ1n) is 9.66. The number of rotatable bonds is 8. The zero-order chi connectivity index (χ0) is 24.0. The van der Waals surface area contributed by atoms with Crippen LogP contribution >= 0.6 is 35.0 Å². The molecule has 0 saturated carbocycles. The number of nitrogens with one attached hydrogen (secondary N) is 1. The number of anilines is 1. The first-order chi connectivity index (χ1) is 15.8. The number of benzene rings is 2. The number of carbonyl (C=O) groups excluding carboxylic acids is 4. The Labute approximate surface area is 203 Å². The molecule has 0 unspecified atom stereocenters. The Hall–Kier alpha value is -3.01. The van der Waals surface area contributed by atoms with E-state index in [9.17, 15) is 19.2 Å². The van der Waals surface area contributed by atoms with Gasteiger partial charge >= 0.3 is 5.97 Å². The van der Waals surface area contributed by atoms with Crippen molar-refractivity contribution in [3.8, 4) is 5.75 Å². The minimum atomic E-state index is -0.663. The van der Waals surface area contributed by atoms with Crippen molar-refractivity contribution in [1.29, 1.82) is 0 Å². The van der Waals surface area contributed by atoms with Gasteiger partial charge in [-0.3, -0.25) is 24.1 Å². The minimum absolute atomic E-state index is 0.146. The second kappa shape index (κ2) is 11.2. The summed E-state index contributed by atoms with van der Waals surface area (Å²) in [7, 11) is 0. The normalized spacial score (nSPS) is 14.5. The number of esters is 1. The highest BCUT2D eigenvalue weighted by Gasteiger charge is 2.36. The quantitative estimate of drug-likeness (QED) is 0.410. The Morgan fingerprint density at radius 1 is 1.12 bits per heavy atom. The Bertz CT molecular complexity index is 1140. The van der Waals surface area contributed by atoms with Crippen LogP contribution in [0.1, 0.15) is 12.5 Å². The Morgan fingerprint density at radius 3 is 2.58 bits per heavy atom. The Kier molecular flexibility index (Phi) is 8.37. The Morgan fingerprint density at radius 2 is 1.88 bits per heavy atom. The van der Waals surface area contributed by atoms with Gasteiger partial charge < -0.3 is 14.8 Å². The van der Waals surface area contributed by atoms with Crippen molar-refractivity contribution in [3.63, 3.8) is 0 Å². The van der Waals surface area contributed by atoms with Crippen molar-refractivity contribution in [1.82, 2.24) is 4.90 Å². The molecule has 0 aromatic heterocycles. The minimum Gasteiger partial charge on any atom is -0.482 e. The van der Waals surface area contributed by atoms with E-state index in [4.69, 9.17) is 32.7 Å². The molecule has 1 heterocycles. The molecule has 172 valence electrons. The van der Waals surface area contributed by atoms with E-state index in [0.29, 0.717) is 28.0 Å². The maximum absolute atomic E-state index is 12.5. The van der Waals surface area contributed by atoms with Crippen molar-refractivity contribution in [2.75, 3.05) is 25.1 Å². The van der Waals surface area contributed by atoms with Crippen molar-refractivity contribution in [3.05, 3.63) is 63.0 Å². The number of halogens is 2. The summed E-state index contributed by atoms with van der Waals surface area (Å²) in [6.07, 6.45) is 1.48. The molecule has 33 heavy (non-hydrogen) atoms. The summed E-state index contributed by atoms with van der Waals surface area (Å²) < 4.78 is 10.2. The first kappa shape index (κ1) is 24.6. The molecule has 0 atom stereocenters. The molecular weight excluding hydrogens is 491 g/mol. The molecule has 3 amide bonds. The molecule has 1 aliphatic rings. The standard InChI is InChI=1S/C22H18Cl2N2O6S/c1-2-31-20(28)11-26-21(29)18(33-22(26)30)10-13-7-8-17(15(24)9-13)32-12-19(27)25-16-6-4-3-5-14(16)23/h3-10H,2,11-12H2,1H3,(H,25,27)/b18-10-. The molecule has 8 nitrogen and oxygen atoms in total. The number of hydrogen-bond acceptors (Lipinski definition) is 7. The highest BCUT2D eigenvalue weighted by Crippen LogP contribution is 2.33. The number of para-hydroxylation sites is 1. The predicted molar refractivity (Wildman–Crippen MR) is 126 cm³/mol. The molecule has 2 aromatic carbocycles. The highest BCUT2D eigenvalue weighted by atomic mass is 35.5. The summed E-state index contributed by atoms with van der Waals surface area (Å²) in [6, 6.07) is 11.5. The average Bonchev–Trinajstić information content (AvgIpc) is 3.02. The smallest absolute Gasteiger partial charge is 0.326 e. The third-order valence-electron chi connectivity index (χ3n) is 4.23. The van der Waals surface area contributed by atoms with Crippen molar-refractivity contribution >= 4 is 69.8 Å². The van der Waals surface area contributed by atoms with Crippen molar-refractivity contribution in [2.24, 2.45) is 0 Å². The maximum atomic E-state index is 12.5. The van der Waals surface area contributed by atoms with Crippen LogP contribution in [0, 0.1) is 0 Å². The summed E-state index contributed by atoms with van der Waals surface area (Å²) in [5.74, 6) is -1.41. The lowest BCUT2D eigenvalue weighted by atomic mass is 10.2. The summed E-state index contributed by atoms with van der Waals surface area (Å²) in [5, 5.41) is 2.69. The number of amides is 3. The molecule has 2 aromatic rings.